The van der Waals surface area contributed by atoms with E-state index in [0.717, 1.165) is 5.33 Å². The normalized spacial score (nSPS) is 21.0. The molecule has 0 aliphatic heterocycles. The van der Waals surface area contributed by atoms with Crippen LogP contribution in [0.5, 0.6) is 0 Å². The molecule has 66 valence electrons. The van der Waals surface area contributed by atoms with Gasteiger partial charge in [-0.3, -0.25) is 0 Å². The summed E-state index contributed by atoms with van der Waals surface area (Å²) in [4.78, 5) is 0. The van der Waals surface area contributed by atoms with E-state index < -0.39 is 0 Å². The molecular weight excluding hydrogens is 204 g/mol. The first-order valence-corrected chi connectivity index (χ1v) is 5.50. The Morgan fingerprint density at radius 2 is 1.91 bits per heavy atom. The Morgan fingerprint density at radius 3 is 2.36 bits per heavy atom. The number of rotatable bonds is 3. The van der Waals surface area contributed by atoms with Gasteiger partial charge in [0.2, 0.25) is 0 Å². The zero-order chi connectivity index (χ0) is 8.32. The molecule has 1 nitrogen and oxygen atoms in total. The van der Waals surface area contributed by atoms with Crippen molar-refractivity contribution in [2.24, 2.45) is 0 Å². The van der Waals surface area contributed by atoms with Crippen LogP contribution in [0.4, 0.5) is 0 Å². The SMILES string of the molecule is CC(C)(CBr)OC1CCCC1. The van der Waals surface area contributed by atoms with E-state index in [9.17, 15) is 0 Å². The average Bonchev–Trinajstić information content (AvgIpc) is 2.39. The van der Waals surface area contributed by atoms with Crippen molar-refractivity contribution >= 4 is 15.9 Å². The van der Waals surface area contributed by atoms with Crippen molar-refractivity contribution in [1.82, 2.24) is 0 Å². The van der Waals surface area contributed by atoms with Crippen LogP contribution in [-0.2, 0) is 4.74 Å². The summed E-state index contributed by atoms with van der Waals surface area (Å²) in [5, 5.41) is 0.927. The van der Waals surface area contributed by atoms with E-state index in [-0.39, 0.29) is 5.60 Å². The predicted octanol–water partition coefficient (Wildman–Crippen LogP) is 3.12. The fourth-order valence-electron chi connectivity index (χ4n) is 1.49. The molecule has 0 atom stereocenters. The van der Waals surface area contributed by atoms with Crippen molar-refractivity contribution in [3.8, 4) is 0 Å². The Hall–Kier alpha value is 0.440. The van der Waals surface area contributed by atoms with Crippen LogP contribution in [-0.4, -0.2) is 17.0 Å². The smallest absolute Gasteiger partial charge is 0.0726 e. The summed E-state index contributed by atoms with van der Waals surface area (Å²) < 4.78 is 5.90. The van der Waals surface area contributed by atoms with Gasteiger partial charge in [-0.05, 0) is 26.7 Å². The summed E-state index contributed by atoms with van der Waals surface area (Å²) in [6.07, 6.45) is 5.75. The fraction of sp³-hybridized carbons (Fsp3) is 1.00. The molecule has 2 heteroatoms. The van der Waals surface area contributed by atoms with Crippen molar-refractivity contribution in [1.29, 1.82) is 0 Å². The molecule has 0 heterocycles. The van der Waals surface area contributed by atoms with E-state index in [4.69, 9.17) is 4.74 Å². The van der Waals surface area contributed by atoms with E-state index in [1.165, 1.54) is 25.7 Å². The second kappa shape index (κ2) is 3.90. The van der Waals surface area contributed by atoms with Crippen LogP contribution in [0.1, 0.15) is 39.5 Å². The Morgan fingerprint density at radius 1 is 1.36 bits per heavy atom. The van der Waals surface area contributed by atoms with Gasteiger partial charge >= 0.3 is 0 Å². The lowest BCUT2D eigenvalue weighted by Gasteiger charge is -2.26. The molecule has 0 aromatic carbocycles. The van der Waals surface area contributed by atoms with E-state index in [0.29, 0.717) is 6.10 Å². The summed E-state index contributed by atoms with van der Waals surface area (Å²) in [5.74, 6) is 0. The van der Waals surface area contributed by atoms with E-state index in [1.54, 1.807) is 0 Å². The maximum Gasteiger partial charge on any atom is 0.0726 e. The minimum Gasteiger partial charge on any atom is -0.371 e. The molecule has 0 unspecified atom stereocenters. The quantitative estimate of drug-likeness (QED) is 0.665. The van der Waals surface area contributed by atoms with Crippen LogP contribution < -0.4 is 0 Å². The maximum absolute atomic E-state index is 5.90. The zero-order valence-corrected chi connectivity index (χ0v) is 8.99. The van der Waals surface area contributed by atoms with Gasteiger partial charge in [0.15, 0.2) is 0 Å². The molecule has 0 aromatic heterocycles. The van der Waals surface area contributed by atoms with Crippen LogP contribution in [0.25, 0.3) is 0 Å². The van der Waals surface area contributed by atoms with Gasteiger partial charge in [-0.15, -0.1) is 0 Å². The summed E-state index contributed by atoms with van der Waals surface area (Å²) in [5.41, 5.74) is 0.0228. The van der Waals surface area contributed by atoms with Gasteiger partial charge < -0.3 is 4.74 Å². The zero-order valence-electron chi connectivity index (χ0n) is 7.40. The van der Waals surface area contributed by atoms with Gasteiger partial charge in [-0.25, -0.2) is 0 Å². The first-order valence-electron chi connectivity index (χ1n) is 4.38. The topological polar surface area (TPSA) is 9.23 Å². The van der Waals surface area contributed by atoms with Crippen LogP contribution >= 0.6 is 15.9 Å². The lowest BCUT2D eigenvalue weighted by molar-refractivity contribution is -0.0519. The predicted molar refractivity (Wildman–Crippen MR) is 51.2 cm³/mol. The molecule has 0 spiro atoms. The van der Waals surface area contributed by atoms with Gasteiger partial charge in [0.1, 0.15) is 0 Å². The number of halogens is 1. The molecule has 11 heavy (non-hydrogen) atoms. The van der Waals surface area contributed by atoms with Crippen LogP contribution in [0.3, 0.4) is 0 Å². The number of alkyl halides is 1. The first-order chi connectivity index (χ1) is 5.14. The van der Waals surface area contributed by atoms with Gasteiger partial charge in [0, 0.05) is 5.33 Å². The van der Waals surface area contributed by atoms with Crippen molar-refractivity contribution in [3.05, 3.63) is 0 Å². The van der Waals surface area contributed by atoms with Crippen LogP contribution in [0.15, 0.2) is 0 Å². The first kappa shape index (κ1) is 9.53. The average molecular weight is 221 g/mol. The Bertz CT molecular complexity index is 117. The monoisotopic (exact) mass is 220 g/mol. The van der Waals surface area contributed by atoms with Crippen LogP contribution in [0, 0.1) is 0 Å². The molecule has 0 aromatic rings. The molecule has 0 radical (unpaired) electrons. The lowest BCUT2D eigenvalue weighted by atomic mass is 10.1. The third kappa shape index (κ3) is 3.12. The number of ether oxygens (including phenoxy) is 1. The van der Waals surface area contributed by atoms with Gasteiger partial charge in [0.25, 0.3) is 0 Å². The largest absolute Gasteiger partial charge is 0.371 e. The Kier molecular flexibility index (Phi) is 3.38. The molecule has 1 rings (SSSR count). The van der Waals surface area contributed by atoms with Crippen molar-refractivity contribution < 1.29 is 4.74 Å². The maximum atomic E-state index is 5.90. The Labute approximate surface area is 77.6 Å². The van der Waals surface area contributed by atoms with Crippen molar-refractivity contribution in [2.45, 2.75) is 51.2 Å². The van der Waals surface area contributed by atoms with Gasteiger partial charge in [0.05, 0.1) is 11.7 Å². The van der Waals surface area contributed by atoms with Crippen LogP contribution in [0.2, 0.25) is 0 Å². The Balaban J connectivity index is 2.28. The standard InChI is InChI=1S/C9H17BrO/c1-9(2,7-10)11-8-5-3-4-6-8/h8H,3-7H2,1-2H3. The molecule has 0 N–H and O–H groups in total. The molecule has 0 amide bonds. The van der Waals surface area contributed by atoms with Gasteiger partial charge in [-0.1, -0.05) is 28.8 Å². The summed E-state index contributed by atoms with van der Waals surface area (Å²) in [6.45, 7) is 4.28. The summed E-state index contributed by atoms with van der Waals surface area (Å²) in [7, 11) is 0. The molecular formula is C9H17BrO. The van der Waals surface area contributed by atoms with E-state index >= 15 is 0 Å². The van der Waals surface area contributed by atoms with Crippen molar-refractivity contribution in [3.63, 3.8) is 0 Å². The van der Waals surface area contributed by atoms with Gasteiger partial charge in [-0.2, -0.15) is 0 Å². The summed E-state index contributed by atoms with van der Waals surface area (Å²) in [6, 6.07) is 0. The molecule has 1 aliphatic carbocycles. The third-order valence-electron chi connectivity index (χ3n) is 2.11. The second-order valence-corrected chi connectivity index (χ2v) is 4.48. The fourth-order valence-corrected chi connectivity index (χ4v) is 1.62. The summed E-state index contributed by atoms with van der Waals surface area (Å²) >= 11 is 3.45. The second-order valence-electron chi connectivity index (χ2n) is 3.92. The molecule has 0 saturated heterocycles. The molecule has 0 bridgehead atoms. The minimum atomic E-state index is 0.0228. The molecule has 1 fully saturated rings. The third-order valence-corrected chi connectivity index (χ3v) is 3.46. The lowest BCUT2D eigenvalue weighted by Crippen LogP contribution is -2.30. The van der Waals surface area contributed by atoms with E-state index in [2.05, 4.69) is 29.8 Å². The number of hydrogen-bond donors (Lipinski definition) is 0. The van der Waals surface area contributed by atoms with Crippen molar-refractivity contribution in [2.75, 3.05) is 5.33 Å². The highest BCUT2D eigenvalue weighted by atomic mass is 79.9. The minimum absolute atomic E-state index is 0.0228. The molecule has 1 saturated carbocycles. The highest BCUT2D eigenvalue weighted by Crippen LogP contribution is 2.26. The van der Waals surface area contributed by atoms with E-state index in [1.807, 2.05) is 0 Å². The molecule has 1 aliphatic rings. The highest BCUT2D eigenvalue weighted by molar-refractivity contribution is 9.09. The number of hydrogen-bond acceptors (Lipinski definition) is 1. The highest BCUT2D eigenvalue weighted by Gasteiger charge is 2.24.